The number of nitrogens with zero attached hydrogens (tertiary/aromatic N) is 3. The minimum Gasteiger partial charge on any atom is -0.353 e. The fourth-order valence-corrected chi connectivity index (χ4v) is 3.96. The van der Waals surface area contributed by atoms with Crippen LogP contribution < -0.4 is 10.2 Å². The van der Waals surface area contributed by atoms with Crippen molar-refractivity contribution >= 4 is 52.5 Å². The highest BCUT2D eigenvalue weighted by atomic mass is 79.9. The summed E-state index contributed by atoms with van der Waals surface area (Å²) in [6.07, 6.45) is 4.93. The number of rotatable bonds is 4. The lowest BCUT2D eigenvalue weighted by atomic mass is 9.84. The van der Waals surface area contributed by atoms with Crippen LogP contribution in [0, 0.1) is 11.8 Å². The highest BCUT2D eigenvalue weighted by molar-refractivity contribution is 9.10. The molecule has 26 heavy (non-hydrogen) atoms. The molecule has 1 N–H and O–H groups in total. The molecule has 2 aliphatic heterocycles. The average Bonchev–Trinajstić information content (AvgIpc) is 2.63. The van der Waals surface area contributed by atoms with Crippen LogP contribution in [0.4, 0.5) is 5.82 Å². The number of hydrogen-bond donors (Lipinski definition) is 1. The molecule has 2 aliphatic rings. The van der Waals surface area contributed by atoms with Crippen LogP contribution in [0.5, 0.6) is 0 Å². The number of hydrogen-bond acceptors (Lipinski definition) is 4. The number of carbonyl (C=O) groups is 1. The van der Waals surface area contributed by atoms with Crippen molar-refractivity contribution in [1.29, 1.82) is 0 Å². The van der Waals surface area contributed by atoms with Gasteiger partial charge in [-0.25, -0.2) is 4.98 Å². The molecule has 1 unspecified atom stereocenters. The van der Waals surface area contributed by atoms with Crippen molar-refractivity contribution in [2.75, 3.05) is 44.2 Å². The van der Waals surface area contributed by atoms with Crippen LogP contribution >= 0.6 is 40.7 Å². The number of anilines is 1. The molecule has 5 nitrogen and oxygen atoms in total. The maximum atomic E-state index is 12.6. The van der Waals surface area contributed by atoms with E-state index in [2.05, 4.69) is 38.1 Å². The van der Waals surface area contributed by atoms with E-state index >= 15 is 0 Å². The van der Waals surface area contributed by atoms with Gasteiger partial charge in [0.25, 0.3) is 0 Å². The van der Waals surface area contributed by atoms with Gasteiger partial charge in [0.15, 0.2) is 0 Å². The van der Waals surface area contributed by atoms with Crippen molar-refractivity contribution in [2.24, 2.45) is 11.8 Å². The number of halogens is 3. The van der Waals surface area contributed by atoms with E-state index in [1.54, 1.807) is 0 Å². The maximum Gasteiger partial charge on any atom is 0.222 e. The normalized spacial score (nSPS) is 19.3. The van der Waals surface area contributed by atoms with Gasteiger partial charge in [0.2, 0.25) is 5.91 Å². The fourth-order valence-electron chi connectivity index (χ4n) is 3.72. The second-order valence-corrected chi connectivity index (χ2v) is 7.89. The number of piperidine rings is 1. The molecule has 0 aromatic carbocycles. The molecule has 0 aliphatic carbocycles. The highest BCUT2D eigenvalue weighted by Gasteiger charge is 2.26. The molecule has 8 heteroatoms. The first-order chi connectivity index (χ1) is 11.6. The van der Waals surface area contributed by atoms with Crippen molar-refractivity contribution < 1.29 is 4.79 Å². The van der Waals surface area contributed by atoms with E-state index in [1.165, 1.54) is 12.8 Å². The molecule has 2 saturated heterocycles. The summed E-state index contributed by atoms with van der Waals surface area (Å²) in [7, 11) is 0. The SMILES string of the molecule is CC(CC(=O)N1CCN(c2ccc(Br)cn2)CC1)C1CCNCC1.Cl.Cl. The van der Waals surface area contributed by atoms with Gasteiger partial charge in [0.1, 0.15) is 5.82 Å². The Morgan fingerprint density at radius 2 is 1.88 bits per heavy atom. The number of pyridine rings is 1. The Morgan fingerprint density at radius 3 is 2.46 bits per heavy atom. The van der Waals surface area contributed by atoms with Crippen molar-refractivity contribution in [3.05, 3.63) is 22.8 Å². The van der Waals surface area contributed by atoms with E-state index in [0.717, 1.165) is 49.6 Å². The topological polar surface area (TPSA) is 48.5 Å². The van der Waals surface area contributed by atoms with Crippen molar-refractivity contribution in [2.45, 2.75) is 26.2 Å². The van der Waals surface area contributed by atoms with Gasteiger partial charge in [-0.15, -0.1) is 24.8 Å². The molecule has 1 aromatic rings. The van der Waals surface area contributed by atoms with Gasteiger partial charge in [-0.2, -0.15) is 0 Å². The third-order valence-electron chi connectivity index (χ3n) is 5.35. The van der Waals surface area contributed by atoms with E-state index in [1.807, 2.05) is 23.2 Å². The second-order valence-electron chi connectivity index (χ2n) is 6.97. The van der Waals surface area contributed by atoms with Gasteiger partial charge in [-0.3, -0.25) is 4.79 Å². The number of nitrogens with one attached hydrogen (secondary N) is 1. The van der Waals surface area contributed by atoms with Gasteiger partial charge < -0.3 is 15.1 Å². The smallest absolute Gasteiger partial charge is 0.222 e. The van der Waals surface area contributed by atoms with Gasteiger partial charge in [-0.05, 0) is 65.8 Å². The van der Waals surface area contributed by atoms with E-state index < -0.39 is 0 Å². The maximum absolute atomic E-state index is 12.6. The summed E-state index contributed by atoms with van der Waals surface area (Å²) < 4.78 is 0.993. The fraction of sp³-hybridized carbons (Fsp3) is 0.667. The van der Waals surface area contributed by atoms with Crippen LogP contribution in [0.3, 0.4) is 0 Å². The van der Waals surface area contributed by atoms with Gasteiger partial charge >= 0.3 is 0 Å². The minimum atomic E-state index is 0. The lowest BCUT2D eigenvalue weighted by Gasteiger charge is -2.36. The first-order valence-corrected chi connectivity index (χ1v) is 9.78. The predicted molar refractivity (Wildman–Crippen MR) is 115 cm³/mol. The van der Waals surface area contributed by atoms with Crippen molar-refractivity contribution in [1.82, 2.24) is 15.2 Å². The Morgan fingerprint density at radius 1 is 1.23 bits per heavy atom. The Hall–Kier alpha value is -0.560. The molecule has 1 amide bonds. The van der Waals surface area contributed by atoms with E-state index in [4.69, 9.17) is 0 Å². The summed E-state index contributed by atoms with van der Waals surface area (Å²) in [5.74, 6) is 2.51. The van der Waals surface area contributed by atoms with Crippen molar-refractivity contribution in [3.8, 4) is 0 Å². The summed E-state index contributed by atoms with van der Waals surface area (Å²) in [6.45, 7) is 7.77. The van der Waals surface area contributed by atoms with Crippen LogP contribution in [-0.4, -0.2) is 55.1 Å². The molecule has 1 atom stereocenters. The van der Waals surface area contributed by atoms with E-state index in [0.29, 0.717) is 24.2 Å². The molecule has 0 saturated carbocycles. The molecule has 0 spiro atoms. The Kier molecular flexibility index (Phi) is 10.2. The third-order valence-corrected chi connectivity index (χ3v) is 5.82. The number of carbonyl (C=O) groups excluding carboxylic acids is 1. The van der Waals surface area contributed by atoms with Gasteiger partial charge in [0, 0.05) is 43.3 Å². The molecule has 3 rings (SSSR count). The molecule has 0 radical (unpaired) electrons. The quantitative estimate of drug-likeness (QED) is 0.737. The lowest BCUT2D eigenvalue weighted by molar-refractivity contribution is -0.132. The van der Waals surface area contributed by atoms with Crippen LogP contribution in [0.15, 0.2) is 22.8 Å². The zero-order valence-corrected chi connectivity index (χ0v) is 18.4. The summed E-state index contributed by atoms with van der Waals surface area (Å²) in [6, 6.07) is 4.04. The predicted octanol–water partition coefficient (Wildman–Crippen LogP) is 3.36. The van der Waals surface area contributed by atoms with E-state index in [-0.39, 0.29) is 24.8 Å². The summed E-state index contributed by atoms with van der Waals surface area (Å²) in [5.41, 5.74) is 0. The van der Waals surface area contributed by atoms with Crippen molar-refractivity contribution in [3.63, 3.8) is 0 Å². The molecule has 3 heterocycles. The van der Waals surface area contributed by atoms with E-state index in [9.17, 15) is 4.79 Å². The van der Waals surface area contributed by atoms with Crippen LogP contribution in [0.1, 0.15) is 26.2 Å². The number of aromatic nitrogens is 1. The molecule has 148 valence electrons. The monoisotopic (exact) mass is 466 g/mol. The lowest BCUT2D eigenvalue weighted by Crippen LogP contribution is -2.49. The number of piperazine rings is 1. The Labute approximate surface area is 177 Å². The summed E-state index contributed by atoms with van der Waals surface area (Å²) >= 11 is 3.42. The number of amides is 1. The van der Waals surface area contributed by atoms with Crippen LogP contribution in [0.2, 0.25) is 0 Å². The van der Waals surface area contributed by atoms with Gasteiger partial charge in [0.05, 0.1) is 0 Å². The average molecular weight is 468 g/mol. The molecule has 0 bridgehead atoms. The van der Waals surface area contributed by atoms with Crippen LogP contribution in [-0.2, 0) is 4.79 Å². The largest absolute Gasteiger partial charge is 0.353 e. The van der Waals surface area contributed by atoms with Gasteiger partial charge in [-0.1, -0.05) is 6.92 Å². The summed E-state index contributed by atoms with van der Waals surface area (Å²) in [5, 5.41) is 3.40. The molecular weight excluding hydrogens is 439 g/mol. The first kappa shape index (κ1) is 23.5. The summed E-state index contributed by atoms with van der Waals surface area (Å²) in [4.78, 5) is 21.4. The minimum absolute atomic E-state index is 0. The Balaban J connectivity index is 0.00000169. The molecule has 1 aromatic heterocycles. The Bertz CT molecular complexity index is 547. The highest BCUT2D eigenvalue weighted by Crippen LogP contribution is 2.25. The standard InChI is InChI=1S/C18H27BrN4O.2ClH/c1-14(15-4-6-20-7-5-15)12-18(24)23-10-8-22(9-11-23)17-3-2-16(19)13-21-17;;/h2-3,13-15,20H,4-12H2,1H3;2*1H. The zero-order chi connectivity index (χ0) is 16.9. The third kappa shape index (κ3) is 6.25. The van der Waals surface area contributed by atoms with Crippen LogP contribution in [0.25, 0.3) is 0 Å². The molecule has 2 fully saturated rings. The second kappa shape index (κ2) is 11.3. The molecular formula is C18H29BrCl2N4O. The first-order valence-electron chi connectivity index (χ1n) is 8.98. The zero-order valence-electron chi connectivity index (χ0n) is 15.2.